The van der Waals surface area contributed by atoms with E-state index >= 15 is 0 Å². The van der Waals surface area contributed by atoms with Crippen molar-refractivity contribution in [1.29, 1.82) is 0 Å². The van der Waals surface area contributed by atoms with Gasteiger partial charge in [-0.05, 0) is 55.5 Å². The van der Waals surface area contributed by atoms with Gasteiger partial charge in [0, 0.05) is 41.5 Å². The first kappa shape index (κ1) is 19.8. The normalized spacial score (nSPS) is 15.0. The van der Waals surface area contributed by atoms with E-state index in [2.05, 4.69) is 5.32 Å². The number of ether oxygens (including phenoxy) is 1. The molecule has 3 rings (SSSR count). The fraction of sp³-hybridized carbons (Fsp3) is 0.381. The van der Waals surface area contributed by atoms with Crippen LogP contribution in [0.5, 0.6) is 0 Å². The molecule has 0 atom stereocenters. The van der Waals surface area contributed by atoms with Crippen LogP contribution in [0.25, 0.3) is 11.1 Å². The van der Waals surface area contributed by atoms with Crippen molar-refractivity contribution in [2.45, 2.75) is 25.8 Å². The Hall–Kier alpha value is -1.95. The summed E-state index contributed by atoms with van der Waals surface area (Å²) in [6.07, 6.45) is 3.31. The van der Waals surface area contributed by atoms with Gasteiger partial charge in [-0.2, -0.15) is 0 Å². The Morgan fingerprint density at radius 2 is 2.00 bits per heavy atom. The highest BCUT2D eigenvalue weighted by molar-refractivity contribution is 6.33. The zero-order valence-corrected chi connectivity index (χ0v) is 15.9. The monoisotopic (exact) mass is 390 g/mol. The fourth-order valence-corrected chi connectivity index (χ4v) is 3.61. The molecule has 0 saturated carbocycles. The van der Waals surface area contributed by atoms with E-state index in [1.165, 1.54) is 12.1 Å². The maximum absolute atomic E-state index is 14.5. The number of carbonyl (C=O) groups is 1. The van der Waals surface area contributed by atoms with Crippen molar-refractivity contribution in [2.24, 2.45) is 11.7 Å². The van der Waals surface area contributed by atoms with Gasteiger partial charge in [0.25, 0.3) is 0 Å². The van der Waals surface area contributed by atoms with Crippen LogP contribution in [0.4, 0.5) is 4.39 Å². The number of hydrogen-bond donors (Lipinski definition) is 2. The predicted molar refractivity (Wildman–Crippen MR) is 105 cm³/mol. The second-order valence-electron chi connectivity index (χ2n) is 6.89. The number of nitrogens with one attached hydrogen (secondary N) is 1. The third kappa shape index (κ3) is 5.28. The molecule has 1 aliphatic heterocycles. The number of carbonyl (C=O) groups excluding carboxylic acids is 1. The minimum Gasteiger partial charge on any atom is -0.381 e. The van der Waals surface area contributed by atoms with Gasteiger partial charge in [0.15, 0.2) is 0 Å². The molecule has 0 aromatic heterocycles. The van der Waals surface area contributed by atoms with Crippen LogP contribution in [-0.2, 0) is 11.3 Å². The van der Waals surface area contributed by atoms with Crippen LogP contribution in [0.1, 0.15) is 35.2 Å². The Labute approximate surface area is 163 Å². The minimum absolute atomic E-state index is 0.277. The van der Waals surface area contributed by atoms with Crippen molar-refractivity contribution in [3.63, 3.8) is 0 Å². The third-order valence-electron chi connectivity index (χ3n) is 5.00. The van der Waals surface area contributed by atoms with Gasteiger partial charge < -0.3 is 15.8 Å². The molecule has 2 aromatic rings. The molecule has 1 fully saturated rings. The molecular weight excluding hydrogens is 367 g/mol. The quantitative estimate of drug-likeness (QED) is 0.698. The highest BCUT2D eigenvalue weighted by Gasteiger charge is 2.13. The first-order chi connectivity index (χ1) is 13.0. The number of nitrogens with two attached hydrogens (primary N) is 1. The molecule has 2 aromatic carbocycles. The molecule has 1 saturated heterocycles. The second-order valence-corrected chi connectivity index (χ2v) is 7.29. The number of halogens is 2. The van der Waals surface area contributed by atoms with Crippen molar-refractivity contribution in [3.8, 4) is 11.1 Å². The lowest BCUT2D eigenvalue weighted by Gasteiger charge is -2.21. The average molecular weight is 391 g/mol. The Kier molecular flexibility index (Phi) is 6.83. The van der Waals surface area contributed by atoms with E-state index in [0.29, 0.717) is 39.7 Å². The summed E-state index contributed by atoms with van der Waals surface area (Å²) >= 11 is 6.22. The smallest absolute Gasteiger partial charge is 0.248 e. The van der Waals surface area contributed by atoms with Gasteiger partial charge in [0.1, 0.15) is 5.82 Å². The summed E-state index contributed by atoms with van der Waals surface area (Å²) in [5.74, 6) is -0.123. The summed E-state index contributed by atoms with van der Waals surface area (Å²) in [4.78, 5) is 11.2. The number of primary amides is 1. The van der Waals surface area contributed by atoms with E-state index in [-0.39, 0.29) is 5.82 Å². The van der Waals surface area contributed by atoms with Crippen LogP contribution in [0, 0.1) is 11.7 Å². The molecule has 1 amide bonds. The lowest BCUT2D eigenvalue weighted by Crippen LogP contribution is -2.22. The van der Waals surface area contributed by atoms with Gasteiger partial charge >= 0.3 is 0 Å². The first-order valence-corrected chi connectivity index (χ1v) is 9.59. The minimum atomic E-state index is -0.545. The molecule has 4 nitrogen and oxygen atoms in total. The Balaban J connectivity index is 1.59. The van der Waals surface area contributed by atoms with Crippen molar-refractivity contribution < 1.29 is 13.9 Å². The number of rotatable bonds is 7. The highest BCUT2D eigenvalue weighted by Crippen LogP contribution is 2.30. The zero-order chi connectivity index (χ0) is 19.2. The Bertz CT molecular complexity index is 807. The molecule has 0 radical (unpaired) electrons. The van der Waals surface area contributed by atoms with Crippen LogP contribution in [0.2, 0.25) is 5.02 Å². The number of amides is 1. The highest BCUT2D eigenvalue weighted by atomic mass is 35.5. The van der Waals surface area contributed by atoms with E-state index in [0.717, 1.165) is 39.0 Å². The third-order valence-corrected chi connectivity index (χ3v) is 5.32. The lowest BCUT2D eigenvalue weighted by molar-refractivity contribution is 0.0639. The molecule has 0 bridgehead atoms. The molecule has 0 unspecified atom stereocenters. The summed E-state index contributed by atoms with van der Waals surface area (Å²) in [7, 11) is 0. The Morgan fingerprint density at radius 3 is 2.67 bits per heavy atom. The van der Waals surface area contributed by atoms with Gasteiger partial charge in [0.05, 0.1) is 0 Å². The molecule has 6 heteroatoms. The van der Waals surface area contributed by atoms with Crippen LogP contribution in [0.3, 0.4) is 0 Å². The van der Waals surface area contributed by atoms with Gasteiger partial charge in [0.2, 0.25) is 5.91 Å². The van der Waals surface area contributed by atoms with E-state index in [1.54, 1.807) is 18.2 Å². The van der Waals surface area contributed by atoms with E-state index in [1.807, 2.05) is 6.07 Å². The van der Waals surface area contributed by atoms with Crippen LogP contribution in [-0.4, -0.2) is 25.7 Å². The van der Waals surface area contributed by atoms with Crippen LogP contribution >= 0.6 is 11.6 Å². The zero-order valence-electron chi connectivity index (χ0n) is 15.1. The maximum Gasteiger partial charge on any atom is 0.248 e. The van der Waals surface area contributed by atoms with Crippen molar-refractivity contribution in [1.82, 2.24) is 5.32 Å². The molecule has 3 N–H and O–H groups in total. The number of benzene rings is 2. The predicted octanol–water partition coefficient (Wildman–Crippen LogP) is 4.15. The molecule has 1 heterocycles. The van der Waals surface area contributed by atoms with Crippen molar-refractivity contribution >= 4 is 17.5 Å². The molecule has 0 aliphatic carbocycles. The van der Waals surface area contributed by atoms with E-state index in [9.17, 15) is 9.18 Å². The summed E-state index contributed by atoms with van der Waals surface area (Å²) in [6, 6.07) is 9.86. The first-order valence-electron chi connectivity index (χ1n) is 9.21. The SMILES string of the molecule is NC(=O)c1ccc(-c2ccc(CNCCC3CCOCC3)c(F)c2)c(Cl)c1. The fourth-order valence-electron chi connectivity index (χ4n) is 3.33. The molecule has 27 heavy (non-hydrogen) atoms. The van der Waals surface area contributed by atoms with E-state index < -0.39 is 5.91 Å². The van der Waals surface area contributed by atoms with Crippen LogP contribution < -0.4 is 11.1 Å². The van der Waals surface area contributed by atoms with Crippen molar-refractivity contribution in [3.05, 3.63) is 58.4 Å². The van der Waals surface area contributed by atoms with Gasteiger partial charge in [-0.15, -0.1) is 0 Å². The van der Waals surface area contributed by atoms with Crippen molar-refractivity contribution in [2.75, 3.05) is 19.8 Å². The molecular formula is C21H24ClFN2O2. The standard InChI is InChI=1S/C21H24ClFN2O2/c22-19-11-16(21(24)26)3-4-18(19)15-1-2-17(20(23)12-15)13-25-8-5-14-6-9-27-10-7-14/h1-4,11-12,14,25H,5-10,13H2,(H2,24,26). The number of hydrogen-bond acceptors (Lipinski definition) is 3. The summed E-state index contributed by atoms with van der Waals surface area (Å²) < 4.78 is 19.8. The summed E-state index contributed by atoms with van der Waals surface area (Å²) in [5.41, 5.74) is 7.53. The largest absolute Gasteiger partial charge is 0.381 e. The molecule has 1 aliphatic rings. The lowest BCUT2D eigenvalue weighted by atomic mass is 9.96. The molecule has 0 spiro atoms. The summed E-state index contributed by atoms with van der Waals surface area (Å²) in [6.45, 7) is 3.06. The topological polar surface area (TPSA) is 64.4 Å². The maximum atomic E-state index is 14.5. The van der Waals surface area contributed by atoms with Crippen LogP contribution in [0.15, 0.2) is 36.4 Å². The summed E-state index contributed by atoms with van der Waals surface area (Å²) in [5, 5.41) is 3.69. The van der Waals surface area contributed by atoms with Gasteiger partial charge in [-0.25, -0.2) is 4.39 Å². The van der Waals surface area contributed by atoms with Gasteiger partial charge in [-0.3, -0.25) is 4.79 Å². The van der Waals surface area contributed by atoms with Gasteiger partial charge in [-0.1, -0.05) is 29.8 Å². The average Bonchev–Trinajstić information content (AvgIpc) is 2.67. The Morgan fingerprint density at radius 1 is 1.22 bits per heavy atom. The molecule has 144 valence electrons. The second kappa shape index (κ2) is 9.31. The van der Waals surface area contributed by atoms with E-state index in [4.69, 9.17) is 22.1 Å².